The van der Waals surface area contributed by atoms with Crippen LogP contribution in [0.5, 0.6) is 0 Å². The van der Waals surface area contributed by atoms with Gasteiger partial charge in [0.05, 0.1) is 5.69 Å². The van der Waals surface area contributed by atoms with Crippen LogP contribution >= 0.6 is 0 Å². The minimum atomic E-state index is -0.183. The van der Waals surface area contributed by atoms with Gasteiger partial charge in [0.2, 0.25) is 5.56 Å². The van der Waals surface area contributed by atoms with Gasteiger partial charge >= 0.3 is 0 Å². The molecule has 4 nitrogen and oxygen atoms in total. The van der Waals surface area contributed by atoms with Crippen LogP contribution in [0, 0.1) is 6.92 Å². The van der Waals surface area contributed by atoms with Gasteiger partial charge in [0.15, 0.2) is 0 Å². The molecule has 4 heteroatoms. The SMILES string of the molecule is Cc1cccc(C(=O)Nc2ccc(=O)n(C)c2)c1. The van der Waals surface area contributed by atoms with Crippen LogP contribution in [-0.4, -0.2) is 10.5 Å². The summed E-state index contributed by atoms with van der Waals surface area (Å²) in [4.78, 5) is 23.2. The first-order valence-corrected chi connectivity index (χ1v) is 5.61. The van der Waals surface area contributed by atoms with Gasteiger partial charge in [-0.2, -0.15) is 0 Å². The highest BCUT2D eigenvalue weighted by molar-refractivity contribution is 6.04. The highest BCUT2D eigenvalue weighted by Gasteiger charge is 2.06. The summed E-state index contributed by atoms with van der Waals surface area (Å²) < 4.78 is 1.42. The van der Waals surface area contributed by atoms with Crippen LogP contribution in [0.25, 0.3) is 0 Å². The first-order chi connectivity index (χ1) is 8.56. The number of nitrogens with zero attached hydrogens (tertiary/aromatic N) is 1. The Bertz CT molecular complexity index is 644. The number of anilines is 1. The van der Waals surface area contributed by atoms with E-state index in [0.717, 1.165) is 5.56 Å². The van der Waals surface area contributed by atoms with Crippen LogP contribution in [0.1, 0.15) is 15.9 Å². The molecular weight excluding hydrogens is 228 g/mol. The van der Waals surface area contributed by atoms with E-state index in [1.165, 1.54) is 10.6 Å². The molecule has 2 rings (SSSR count). The fraction of sp³-hybridized carbons (Fsp3) is 0.143. The summed E-state index contributed by atoms with van der Waals surface area (Å²) in [5.41, 5.74) is 2.12. The molecule has 1 heterocycles. The molecule has 1 amide bonds. The molecule has 0 aliphatic carbocycles. The molecule has 0 radical (unpaired) electrons. The second kappa shape index (κ2) is 4.87. The molecule has 2 aromatic rings. The predicted molar refractivity (Wildman–Crippen MR) is 70.8 cm³/mol. The smallest absolute Gasteiger partial charge is 0.255 e. The largest absolute Gasteiger partial charge is 0.321 e. The zero-order chi connectivity index (χ0) is 13.1. The maximum absolute atomic E-state index is 12.0. The average Bonchev–Trinajstić information content (AvgIpc) is 2.34. The van der Waals surface area contributed by atoms with Crippen LogP contribution in [0.4, 0.5) is 5.69 Å². The molecule has 0 fully saturated rings. The third-order valence-corrected chi connectivity index (χ3v) is 2.62. The first kappa shape index (κ1) is 12.1. The van der Waals surface area contributed by atoms with Gasteiger partial charge in [-0.15, -0.1) is 0 Å². The quantitative estimate of drug-likeness (QED) is 0.875. The number of aryl methyl sites for hydroxylation is 2. The molecule has 18 heavy (non-hydrogen) atoms. The van der Waals surface area contributed by atoms with Crippen LogP contribution < -0.4 is 10.9 Å². The molecule has 0 unspecified atom stereocenters. The lowest BCUT2D eigenvalue weighted by Gasteiger charge is -2.07. The van der Waals surface area contributed by atoms with Crippen LogP contribution in [-0.2, 0) is 7.05 Å². The standard InChI is InChI=1S/C14H14N2O2/c1-10-4-3-5-11(8-10)14(18)15-12-6-7-13(17)16(2)9-12/h3-9H,1-2H3,(H,15,18). The van der Waals surface area contributed by atoms with E-state index in [0.29, 0.717) is 11.3 Å². The minimum Gasteiger partial charge on any atom is -0.321 e. The van der Waals surface area contributed by atoms with Crippen molar-refractivity contribution < 1.29 is 4.79 Å². The third kappa shape index (κ3) is 2.66. The molecular formula is C14H14N2O2. The lowest BCUT2D eigenvalue weighted by molar-refractivity contribution is 0.102. The third-order valence-electron chi connectivity index (χ3n) is 2.62. The Morgan fingerprint density at radius 3 is 2.67 bits per heavy atom. The zero-order valence-electron chi connectivity index (χ0n) is 10.3. The summed E-state index contributed by atoms with van der Waals surface area (Å²) in [6.45, 7) is 1.93. The Labute approximate surface area is 105 Å². The zero-order valence-corrected chi connectivity index (χ0v) is 10.3. The van der Waals surface area contributed by atoms with Gasteiger partial charge in [0, 0.05) is 24.9 Å². The van der Waals surface area contributed by atoms with Gasteiger partial charge in [-0.1, -0.05) is 17.7 Å². The van der Waals surface area contributed by atoms with E-state index in [9.17, 15) is 9.59 Å². The lowest BCUT2D eigenvalue weighted by Crippen LogP contribution is -2.18. The maximum Gasteiger partial charge on any atom is 0.255 e. The summed E-state index contributed by atoms with van der Waals surface area (Å²) in [5.74, 6) is -0.183. The van der Waals surface area contributed by atoms with E-state index in [1.807, 2.05) is 25.1 Å². The molecule has 0 atom stereocenters. The van der Waals surface area contributed by atoms with Crippen LogP contribution in [0.2, 0.25) is 0 Å². The normalized spacial score (nSPS) is 10.1. The van der Waals surface area contributed by atoms with Gasteiger partial charge in [-0.3, -0.25) is 9.59 Å². The van der Waals surface area contributed by atoms with Gasteiger partial charge in [0.25, 0.3) is 5.91 Å². The van der Waals surface area contributed by atoms with Crippen molar-refractivity contribution in [2.24, 2.45) is 7.05 Å². The number of benzene rings is 1. The van der Waals surface area contributed by atoms with Gasteiger partial charge < -0.3 is 9.88 Å². The molecule has 0 spiro atoms. The average molecular weight is 242 g/mol. The fourth-order valence-corrected chi connectivity index (χ4v) is 1.66. The molecule has 92 valence electrons. The minimum absolute atomic E-state index is 0.108. The Kier molecular flexibility index (Phi) is 3.28. The number of hydrogen-bond acceptors (Lipinski definition) is 2. The summed E-state index contributed by atoms with van der Waals surface area (Å²) in [5, 5.41) is 2.75. The molecule has 1 N–H and O–H groups in total. The van der Waals surface area contributed by atoms with Crippen molar-refractivity contribution in [2.45, 2.75) is 6.92 Å². The molecule has 1 aromatic carbocycles. The van der Waals surface area contributed by atoms with Crippen LogP contribution in [0.15, 0.2) is 47.4 Å². The number of aromatic nitrogens is 1. The molecule has 0 aliphatic rings. The van der Waals surface area contributed by atoms with E-state index in [2.05, 4.69) is 5.32 Å². The number of pyridine rings is 1. The summed E-state index contributed by atoms with van der Waals surface area (Å²) in [6, 6.07) is 10.4. The summed E-state index contributed by atoms with van der Waals surface area (Å²) in [6.07, 6.45) is 1.59. The molecule has 0 saturated carbocycles. The maximum atomic E-state index is 12.0. The summed E-state index contributed by atoms with van der Waals surface area (Å²) in [7, 11) is 1.64. The van der Waals surface area contributed by atoms with Crippen LogP contribution in [0.3, 0.4) is 0 Å². The number of hydrogen-bond donors (Lipinski definition) is 1. The second-order valence-electron chi connectivity index (χ2n) is 4.19. The van der Waals surface area contributed by atoms with Gasteiger partial charge in [-0.05, 0) is 25.1 Å². The van der Waals surface area contributed by atoms with Gasteiger partial charge in [-0.25, -0.2) is 0 Å². The van der Waals surface area contributed by atoms with E-state index in [-0.39, 0.29) is 11.5 Å². The van der Waals surface area contributed by atoms with E-state index in [4.69, 9.17) is 0 Å². The van der Waals surface area contributed by atoms with Crippen molar-refractivity contribution in [3.05, 3.63) is 64.1 Å². The molecule has 0 bridgehead atoms. The van der Waals surface area contributed by atoms with Crippen molar-refractivity contribution in [3.63, 3.8) is 0 Å². The Balaban J connectivity index is 2.21. The topological polar surface area (TPSA) is 51.1 Å². The monoisotopic (exact) mass is 242 g/mol. The Morgan fingerprint density at radius 2 is 2.00 bits per heavy atom. The van der Waals surface area contributed by atoms with Crippen molar-refractivity contribution in [3.8, 4) is 0 Å². The Morgan fingerprint density at radius 1 is 1.22 bits per heavy atom. The van der Waals surface area contributed by atoms with Crippen molar-refractivity contribution in [2.75, 3.05) is 5.32 Å². The highest BCUT2D eigenvalue weighted by atomic mass is 16.1. The van der Waals surface area contributed by atoms with E-state index >= 15 is 0 Å². The molecule has 1 aromatic heterocycles. The van der Waals surface area contributed by atoms with Crippen molar-refractivity contribution >= 4 is 11.6 Å². The predicted octanol–water partition coefficient (Wildman–Crippen LogP) is 1.95. The number of nitrogens with one attached hydrogen (secondary N) is 1. The molecule has 0 saturated heterocycles. The first-order valence-electron chi connectivity index (χ1n) is 5.61. The highest BCUT2D eigenvalue weighted by Crippen LogP contribution is 2.08. The van der Waals surface area contributed by atoms with E-state index < -0.39 is 0 Å². The summed E-state index contributed by atoms with van der Waals surface area (Å²) >= 11 is 0. The number of amides is 1. The number of carbonyl (C=O) groups is 1. The fourth-order valence-electron chi connectivity index (χ4n) is 1.66. The van der Waals surface area contributed by atoms with Gasteiger partial charge in [0.1, 0.15) is 0 Å². The Hall–Kier alpha value is -2.36. The lowest BCUT2D eigenvalue weighted by atomic mass is 10.1. The van der Waals surface area contributed by atoms with Crippen molar-refractivity contribution in [1.82, 2.24) is 4.57 Å². The molecule has 0 aliphatic heterocycles. The number of carbonyl (C=O) groups excluding carboxylic acids is 1. The van der Waals surface area contributed by atoms with E-state index in [1.54, 1.807) is 25.4 Å². The number of rotatable bonds is 2. The second-order valence-corrected chi connectivity index (χ2v) is 4.19. The van der Waals surface area contributed by atoms with Crippen molar-refractivity contribution in [1.29, 1.82) is 0 Å².